The van der Waals surface area contributed by atoms with Crippen molar-refractivity contribution in [3.05, 3.63) is 36.4 Å². The minimum atomic E-state index is 0.487. The molecule has 0 saturated carbocycles. The van der Waals surface area contributed by atoms with Crippen molar-refractivity contribution in [2.24, 2.45) is 0 Å². The van der Waals surface area contributed by atoms with Gasteiger partial charge in [-0.25, -0.2) is 9.97 Å². The quantitative estimate of drug-likeness (QED) is 0.0349. The van der Waals surface area contributed by atoms with Crippen LogP contribution in [0.1, 0.15) is 350 Å². The molecule has 2 aromatic heterocycles. The lowest BCUT2D eigenvalue weighted by molar-refractivity contribution is 0.234. The number of nitrogens with zero attached hydrogens (tertiary/aromatic N) is 2. The van der Waals surface area contributed by atoms with Gasteiger partial charge >= 0.3 is 0 Å². The molecule has 90 heavy (non-hydrogen) atoms. The van der Waals surface area contributed by atoms with Gasteiger partial charge in [-0.2, -0.15) is 0 Å². The summed E-state index contributed by atoms with van der Waals surface area (Å²) in [6, 6.07) is 12.1. The largest absolute Gasteiger partial charge is 0.490 e. The summed E-state index contributed by atoms with van der Waals surface area (Å²) in [6.07, 6.45) is 59.4. The predicted molar refractivity (Wildman–Crippen MR) is 381 cm³/mol. The molecule has 0 bridgehead atoms. The average Bonchev–Trinajstić information content (AvgIpc) is 1.70. The zero-order valence-corrected chi connectivity index (χ0v) is 58.8. The Morgan fingerprint density at radius 1 is 0.233 bits per heavy atom. The molecule has 0 aliphatic heterocycles. The lowest BCUT2D eigenvalue weighted by Crippen LogP contribution is -2.07. The first-order valence-electron chi connectivity index (χ1n) is 38.4. The number of hydrogen-bond donors (Lipinski definition) is 0. The molecule has 0 spiro atoms. The fraction of sp³-hybridized carbons (Fsp3) is 0.750. The Labute approximate surface area is 550 Å². The average molecular weight is 1250 g/mol. The van der Waals surface area contributed by atoms with Crippen LogP contribution in [0.15, 0.2) is 45.2 Å². The van der Waals surface area contributed by atoms with E-state index in [2.05, 4.69) is 41.5 Å². The van der Waals surface area contributed by atoms with Crippen molar-refractivity contribution in [1.29, 1.82) is 0 Å². The van der Waals surface area contributed by atoms with Gasteiger partial charge in [-0.15, -0.1) is 0 Å². The van der Waals surface area contributed by atoms with Gasteiger partial charge in [0.15, 0.2) is 34.2 Å². The molecule has 5 aromatic rings. The Balaban J connectivity index is 1.43. The van der Waals surface area contributed by atoms with E-state index in [1.807, 2.05) is 36.4 Å². The van der Waals surface area contributed by atoms with Crippen LogP contribution in [0.2, 0.25) is 0 Å². The van der Waals surface area contributed by atoms with E-state index in [4.69, 9.17) is 47.2 Å². The van der Waals surface area contributed by atoms with Crippen LogP contribution < -0.4 is 28.4 Å². The summed E-state index contributed by atoms with van der Waals surface area (Å²) in [7, 11) is 0. The van der Waals surface area contributed by atoms with Gasteiger partial charge in [-0.05, 0) is 62.8 Å². The third-order valence-corrected chi connectivity index (χ3v) is 17.9. The highest BCUT2D eigenvalue weighted by Gasteiger charge is 2.23. The molecule has 0 atom stereocenters. The van der Waals surface area contributed by atoms with Crippen LogP contribution >= 0.6 is 0 Å². The Morgan fingerprint density at radius 3 is 0.633 bits per heavy atom. The van der Waals surface area contributed by atoms with E-state index in [1.54, 1.807) is 0 Å². The number of ether oxygens (including phenoxy) is 6. The summed E-state index contributed by atoms with van der Waals surface area (Å²) in [6.45, 7) is 17.4. The maximum atomic E-state index is 6.74. The molecule has 0 N–H and O–H groups in total. The van der Waals surface area contributed by atoms with Gasteiger partial charge in [-0.1, -0.05) is 311 Å². The summed E-state index contributed by atoms with van der Waals surface area (Å²) in [5.74, 6) is 5.12. The molecular weight excluding hydrogens is 1120 g/mol. The fourth-order valence-corrected chi connectivity index (χ4v) is 12.2. The highest BCUT2D eigenvalue weighted by Crippen LogP contribution is 2.45. The molecule has 3 aromatic carbocycles. The van der Waals surface area contributed by atoms with E-state index >= 15 is 0 Å². The van der Waals surface area contributed by atoms with Crippen molar-refractivity contribution >= 4 is 22.2 Å². The molecule has 0 saturated heterocycles. The molecule has 5 rings (SSSR count). The highest BCUT2D eigenvalue weighted by atomic mass is 16.5. The van der Waals surface area contributed by atoms with E-state index in [0.717, 1.165) is 88.2 Å². The zero-order chi connectivity index (χ0) is 63.6. The SMILES string of the molecule is CCCCCCCCCCOc1cc(-c2nc3cc4oc(-c5cc(OCCCCCCCCCC)c(OCCCCCCCCCC)c(OCCCCCCCCCC)c5)nc4cc3o2)cc(OCCCCCCCCCC)c1OCCCCCCCCCC. The number of hydrogen-bond acceptors (Lipinski definition) is 10. The van der Waals surface area contributed by atoms with E-state index in [0.29, 0.717) is 108 Å². The number of rotatable bonds is 62. The van der Waals surface area contributed by atoms with E-state index in [9.17, 15) is 0 Å². The van der Waals surface area contributed by atoms with Crippen molar-refractivity contribution in [3.63, 3.8) is 0 Å². The highest BCUT2D eigenvalue weighted by molar-refractivity contribution is 5.91. The molecule has 0 amide bonds. The lowest BCUT2D eigenvalue weighted by Gasteiger charge is -2.18. The van der Waals surface area contributed by atoms with Crippen LogP contribution in [0.5, 0.6) is 34.5 Å². The monoisotopic (exact) mass is 1250 g/mol. The van der Waals surface area contributed by atoms with Gasteiger partial charge in [0.2, 0.25) is 23.3 Å². The summed E-state index contributed by atoms with van der Waals surface area (Å²) in [5.41, 5.74) is 4.21. The Hall–Kier alpha value is -4.60. The molecule has 0 fully saturated rings. The molecule has 0 aliphatic rings. The first kappa shape index (κ1) is 76.1. The zero-order valence-electron chi connectivity index (χ0n) is 58.8. The van der Waals surface area contributed by atoms with Crippen molar-refractivity contribution < 1.29 is 37.3 Å². The third-order valence-electron chi connectivity index (χ3n) is 17.9. The van der Waals surface area contributed by atoms with Crippen LogP contribution in [-0.2, 0) is 0 Å². The van der Waals surface area contributed by atoms with Gasteiger partial charge in [0, 0.05) is 23.3 Å². The van der Waals surface area contributed by atoms with Crippen LogP contribution in [0.4, 0.5) is 0 Å². The predicted octanol–water partition coefficient (Wildman–Crippen LogP) is 26.4. The van der Waals surface area contributed by atoms with Gasteiger partial charge in [-0.3, -0.25) is 0 Å². The van der Waals surface area contributed by atoms with Crippen LogP contribution in [0, 0.1) is 0 Å². The van der Waals surface area contributed by atoms with Crippen molar-refractivity contribution in [3.8, 4) is 57.4 Å². The number of aromatic nitrogens is 2. The first-order chi connectivity index (χ1) is 44.5. The van der Waals surface area contributed by atoms with Crippen LogP contribution in [-0.4, -0.2) is 49.6 Å². The maximum absolute atomic E-state index is 6.74. The van der Waals surface area contributed by atoms with Crippen molar-refractivity contribution in [2.75, 3.05) is 39.6 Å². The van der Waals surface area contributed by atoms with Gasteiger partial charge in [0.1, 0.15) is 11.0 Å². The normalized spacial score (nSPS) is 11.6. The second-order valence-corrected chi connectivity index (χ2v) is 26.4. The summed E-state index contributed by atoms with van der Waals surface area (Å²) >= 11 is 0. The molecule has 2 heterocycles. The number of oxazole rings is 2. The Kier molecular flexibility index (Phi) is 43.0. The van der Waals surface area contributed by atoms with Crippen LogP contribution in [0.25, 0.3) is 45.1 Å². The number of fused-ring (bicyclic) bond motifs is 2. The summed E-state index contributed by atoms with van der Waals surface area (Å²) in [4.78, 5) is 10.3. The Morgan fingerprint density at radius 2 is 0.422 bits per heavy atom. The lowest BCUT2D eigenvalue weighted by atomic mass is 10.1. The fourth-order valence-electron chi connectivity index (χ4n) is 12.2. The minimum Gasteiger partial charge on any atom is -0.490 e. The van der Waals surface area contributed by atoms with E-state index in [1.165, 1.54) is 231 Å². The molecule has 0 radical (unpaired) electrons. The summed E-state index contributed by atoms with van der Waals surface area (Å²) in [5, 5.41) is 0. The van der Waals surface area contributed by atoms with E-state index in [-0.39, 0.29) is 0 Å². The molecule has 10 heteroatoms. The van der Waals surface area contributed by atoms with Crippen LogP contribution in [0.3, 0.4) is 0 Å². The number of benzene rings is 3. The smallest absolute Gasteiger partial charge is 0.227 e. The van der Waals surface area contributed by atoms with Gasteiger partial charge in [0.25, 0.3) is 0 Å². The molecule has 510 valence electrons. The number of unbranched alkanes of at least 4 members (excludes halogenated alkanes) is 42. The minimum absolute atomic E-state index is 0.487. The second kappa shape index (κ2) is 50.9. The topological polar surface area (TPSA) is 107 Å². The van der Waals surface area contributed by atoms with Crippen molar-refractivity contribution in [2.45, 2.75) is 350 Å². The van der Waals surface area contributed by atoms with Gasteiger partial charge < -0.3 is 37.3 Å². The third kappa shape index (κ3) is 31.8. The van der Waals surface area contributed by atoms with Gasteiger partial charge in [0.05, 0.1) is 39.6 Å². The molecular formula is C80H132N2O8. The summed E-state index contributed by atoms with van der Waals surface area (Å²) < 4.78 is 53.8. The second-order valence-electron chi connectivity index (χ2n) is 26.4. The first-order valence-corrected chi connectivity index (χ1v) is 38.4. The van der Waals surface area contributed by atoms with Crippen molar-refractivity contribution in [1.82, 2.24) is 9.97 Å². The maximum Gasteiger partial charge on any atom is 0.227 e. The molecule has 0 aliphatic carbocycles. The molecule has 0 unspecified atom stereocenters. The molecule has 10 nitrogen and oxygen atoms in total. The Bertz CT molecular complexity index is 2210. The standard InChI is InChI=1S/C80H132N2O8/c1-7-13-19-25-31-37-43-49-55-83-73-61-67(62-74(84-56-50-44-38-32-26-20-14-8-2)77(73)87-59-53-47-41-35-29-23-17-11-5)79-81-69-65-72-70(66-71(69)89-79)82-80(90-72)68-63-75(85-57-51-45-39-33-27-21-15-9-3)78(88-60-54-48-42-36-30-24-18-12-6)76(64-68)86-58-52-46-40-34-28-22-16-10-4/h61-66H,7-60H2,1-6H3. The van der Waals surface area contributed by atoms with E-state index < -0.39 is 0 Å².